The fourth-order valence-electron chi connectivity index (χ4n) is 2.16. The summed E-state index contributed by atoms with van der Waals surface area (Å²) in [5.74, 6) is 0.252. The molecule has 0 saturated carbocycles. The number of benzene rings is 2. The third-order valence-electron chi connectivity index (χ3n) is 3.35. The van der Waals surface area contributed by atoms with Crippen molar-refractivity contribution >= 4 is 17.5 Å². The van der Waals surface area contributed by atoms with Crippen LogP contribution in [0, 0.1) is 0 Å². The molecule has 2 aromatic carbocycles. The largest absolute Gasteiger partial charge is 0.494 e. The maximum Gasteiger partial charge on any atom is 0.255 e. The Morgan fingerprint density at radius 3 is 2.33 bits per heavy atom. The maximum absolute atomic E-state index is 12.4. The molecule has 0 saturated heterocycles. The molecule has 0 aromatic heterocycles. The summed E-state index contributed by atoms with van der Waals surface area (Å²) in [4.78, 5) is 24.4. The number of amides is 2. The minimum atomic E-state index is -0.270. The molecule has 0 aliphatic heterocycles. The molecule has 2 rings (SSSR count). The standard InChI is InChI=1S/C19H22N2O3/c1-3-13-24-15-11-9-14(10-12-15)18(22)21-17-8-6-5-7-16(17)19(23)20-4-2/h5-12H,3-4,13H2,1-2H3,(H,20,23)(H,21,22). The van der Waals surface area contributed by atoms with Crippen molar-refractivity contribution in [3.63, 3.8) is 0 Å². The van der Waals surface area contributed by atoms with Crippen molar-refractivity contribution < 1.29 is 14.3 Å². The van der Waals surface area contributed by atoms with Crippen molar-refractivity contribution in [2.75, 3.05) is 18.5 Å². The van der Waals surface area contributed by atoms with Crippen LogP contribution in [0.1, 0.15) is 41.0 Å². The van der Waals surface area contributed by atoms with Gasteiger partial charge in [0.15, 0.2) is 0 Å². The number of carbonyl (C=O) groups excluding carboxylic acids is 2. The highest BCUT2D eigenvalue weighted by Gasteiger charge is 2.13. The van der Waals surface area contributed by atoms with Crippen LogP contribution in [-0.2, 0) is 0 Å². The summed E-state index contributed by atoms with van der Waals surface area (Å²) >= 11 is 0. The lowest BCUT2D eigenvalue weighted by Gasteiger charge is -2.11. The smallest absolute Gasteiger partial charge is 0.255 e. The molecule has 0 spiro atoms. The molecule has 0 aliphatic carbocycles. The summed E-state index contributed by atoms with van der Waals surface area (Å²) in [6, 6.07) is 13.9. The second-order valence-corrected chi connectivity index (χ2v) is 5.23. The summed E-state index contributed by atoms with van der Waals surface area (Å²) in [6.07, 6.45) is 0.929. The van der Waals surface area contributed by atoms with Crippen molar-refractivity contribution in [2.45, 2.75) is 20.3 Å². The second-order valence-electron chi connectivity index (χ2n) is 5.23. The first kappa shape index (κ1) is 17.5. The molecular formula is C19H22N2O3. The van der Waals surface area contributed by atoms with E-state index in [2.05, 4.69) is 10.6 Å². The van der Waals surface area contributed by atoms with Gasteiger partial charge >= 0.3 is 0 Å². The number of anilines is 1. The Morgan fingerprint density at radius 2 is 1.67 bits per heavy atom. The van der Waals surface area contributed by atoms with Gasteiger partial charge in [-0.3, -0.25) is 9.59 Å². The maximum atomic E-state index is 12.4. The highest BCUT2D eigenvalue weighted by atomic mass is 16.5. The molecule has 0 bridgehead atoms. The third-order valence-corrected chi connectivity index (χ3v) is 3.35. The van der Waals surface area contributed by atoms with E-state index < -0.39 is 0 Å². The average molecular weight is 326 g/mol. The van der Waals surface area contributed by atoms with Crippen LogP contribution in [0.3, 0.4) is 0 Å². The van der Waals surface area contributed by atoms with Crippen LogP contribution >= 0.6 is 0 Å². The van der Waals surface area contributed by atoms with Crippen LogP contribution < -0.4 is 15.4 Å². The normalized spacial score (nSPS) is 10.1. The van der Waals surface area contributed by atoms with Gasteiger partial charge in [0.05, 0.1) is 17.9 Å². The number of hydrogen-bond acceptors (Lipinski definition) is 3. The van der Waals surface area contributed by atoms with Gasteiger partial charge in [0.25, 0.3) is 11.8 Å². The molecule has 5 heteroatoms. The average Bonchev–Trinajstić information content (AvgIpc) is 2.61. The number of hydrogen-bond donors (Lipinski definition) is 2. The van der Waals surface area contributed by atoms with Gasteiger partial charge in [-0.25, -0.2) is 0 Å². The van der Waals surface area contributed by atoms with Gasteiger partial charge in [0, 0.05) is 12.1 Å². The van der Waals surface area contributed by atoms with E-state index in [-0.39, 0.29) is 11.8 Å². The van der Waals surface area contributed by atoms with E-state index in [0.29, 0.717) is 30.0 Å². The van der Waals surface area contributed by atoms with Crippen molar-refractivity contribution in [1.82, 2.24) is 5.32 Å². The third kappa shape index (κ3) is 4.59. The van der Waals surface area contributed by atoms with Gasteiger partial charge in [0.2, 0.25) is 0 Å². The zero-order valence-corrected chi connectivity index (χ0v) is 14.0. The van der Waals surface area contributed by atoms with Crippen LogP contribution in [0.4, 0.5) is 5.69 Å². The van der Waals surface area contributed by atoms with Crippen LogP contribution in [0.5, 0.6) is 5.75 Å². The van der Waals surface area contributed by atoms with Gasteiger partial charge < -0.3 is 15.4 Å². The Bertz CT molecular complexity index is 696. The van der Waals surface area contributed by atoms with Gasteiger partial charge in [-0.2, -0.15) is 0 Å². The van der Waals surface area contributed by atoms with Crippen LogP contribution in [0.25, 0.3) is 0 Å². The minimum Gasteiger partial charge on any atom is -0.494 e. The predicted molar refractivity (Wildman–Crippen MR) is 94.6 cm³/mol. The molecule has 24 heavy (non-hydrogen) atoms. The minimum absolute atomic E-state index is 0.211. The van der Waals surface area contributed by atoms with Crippen LogP contribution in [0.2, 0.25) is 0 Å². The van der Waals surface area contributed by atoms with Gasteiger partial charge in [-0.1, -0.05) is 19.1 Å². The zero-order chi connectivity index (χ0) is 17.4. The second kappa shape index (κ2) is 8.72. The zero-order valence-electron chi connectivity index (χ0n) is 14.0. The van der Waals surface area contributed by atoms with Crippen LogP contribution in [-0.4, -0.2) is 25.0 Å². The number of carbonyl (C=O) groups is 2. The molecule has 2 aromatic rings. The predicted octanol–water partition coefficient (Wildman–Crippen LogP) is 3.48. The monoisotopic (exact) mass is 326 g/mol. The number of para-hydroxylation sites is 1. The summed E-state index contributed by atoms with van der Waals surface area (Å²) in [5.41, 5.74) is 1.43. The van der Waals surface area contributed by atoms with E-state index >= 15 is 0 Å². The Morgan fingerprint density at radius 1 is 0.958 bits per heavy atom. The molecule has 0 aliphatic rings. The first-order chi connectivity index (χ1) is 11.7. The first-order valence-electron chi connectivity index (χ1n) is 8.07. The molecule has 2 N–H and O–H groups in total. The van der Waals surface area contributed by atoms with E-state index in [9.17, 15) is 9.59 Å². The van der Waals surface area contributed by atoms with Crippen molar-refractivity contribution in [3.8, 4) is 5.75 Å². The lowest BCUT2D eigenvalue weighted by atomic mass is 10.1. The Hall–Kier alpha value is -2.82. The first-order valence-corrected chi connectivity index (χ1v) is 8.07. The van der Waals surface area contributed by atoms with E-state index in [1.54, 1.807) is 48.5 Å². The Balaban J connectivity index is 2.11. The number of rotatable bonds is 7. The molecule has 0 heterocycles. The molecule has 5 nitrogen and oxygen atoms in total. The molecule has 0 fully saturated rings. The molecule has 126 valence electrons. The molecule has 0 radical (unpaired) electrons. The van der Waals surface area contributed by atoms with E-state index in [0.717, 1.165) is 12.2 Å². The molecule has 0 atom stereocenters. The lowest BCUT2D eigenvalue weighted by Crippen LogP contribution is -2.24. The summed E-state index contributed by atoms with van der Waals surface area (Å²) in [7, 11) is 0. The van der Waals surface area contributed by atoms with Crippen molar-refractivity contribution in [3.05, 3.63) is 59.7 Å². The van der Waals surface area contributed by atoms with E-state index in [1.165, 1.54) is 0 Å². The molecular weight excluding hydrogens is 304 g/mol. The Kier molecular flexibility index (Phi) is 6.37. The Labute approximate surface area is 142 Å². The number of ether oxygens (including phenoxy) is 1. The quantitative estimate of drug-likeness (QED) is 0.818. The van der Waals surface area contributed by atoms with Gasteiger partial charge in [-0.05, 0) is 49.7 Å². The highest BCUT2D eigenvalue weighted by molar-refractivity contribution is 6.09. The van der Waals surface area contributed by atoms with Crippen LogP contribution in [0.15, 0.2) is 48.5 Å². The lowest BCUT2D eigenvalue weighted by molar-refractivity contribution is 0.0956. The topological polar surface area (TPSA) is 67.4 Å². The molecule has 0 unspecified atom stereocenters. The fourth-order valence-corrected chi connectivity index (χ4v) is 2.16. The van der Waals surface area contributed by atoms with E-state index in [4.69, 9.17) is 4.74 Å². The van der Waals surface area contributed by atoms with E-state index in [1.807, 2.05) is 13.8 Å². The number of nitrogens with one attached hydrogen (secondary N) is 2. The SMILES string of the molecule is CCCOc1ccc(C(=O)Nc2ccccc2C(=O)NCC)cc1. The summed E-state index contributed by atoms with van der Waals surface area (Å²) < 4.78 is 5.50. The van der Waals surface area contributed by atoms with Gasteiger partial charge in [0.1, 0.15) is 5.75 Å². The highest BCUT2D eigenvalue weighted by Crippen LogP contribution is 2.18. The van der Waals surface area contributed by atoms with Crippen molar-refractivity contribution in [1.29, 1.82) is 0 Å². The summed E-state index contributed by atoms with van der Waals surface area (Å²) in [5, 5.41) is 5.52. The van der Waals surface area contributed by atoms with Crippen molar-refractivity contribution in [2.24, 2.45) is 0 Å². The fraction of sp³-hybridized carbons (Fsp3) is 0.263. The molecule has 2 amide bonds. The van der Waals surface area contributed by atoms with Gasteiger partial charge in [-0.15, -0.1) is 0 Å². The summed E-state index contributed by atoms with van der Waals surface area (Å²) in [6.45, 7) is 5.06.